The lowest BCUT2D eigenvalue weighted by Crippen LogP contribution is -2.47. The highest BCUT2D eigenvalue weighted by Gasteiger charge is 2.22. The summed E-state index contributed by atoms with van der Waals surface area (Å²) in [6.07, 6.45) is -0.0329. The molecular formula is C28H27N3O5. The van der Waals surface area contributed by atoms with E-state index in [0.29, 0.717) is 29.5 Å². The maximum Gasteiger partial charge on any atom is 0.249 e. The first-order chi connectivity index (χ1) is 17.5. The average molecular weight is 486 g/mol. The van der Waals surface area contributed by atoms with Crippen molar-refractivity contribution >= 4 is 17.5 Å². The van der Waals surface area contributed by atoms with Gasteiger partial charge in [0.05, 0.1) is 25.3 Å². The van der Waals surface area contributed by atoms with Crippen LogP contribution in [0.15, 0.2) is 95.5 Å². The summed E-state index contributed by atoms with van der Waals surface area (Å²) >= 11 is 0. The van der Waals surface area contributed by atoms with E-state index in [4.69, 9.17) is 14.0 Å². The van der Waals surface area contributed by atoms with E-state index >= 15 is 0 Å². The van der Waals surface area contributed by atoms with E-state index in [-0.39, 0.29) is 18.9 Å². The van der Waals surface area contributed by atoms with Gasteiger partial charge in [-0.2, -0.15) is 0 Å². The molecule has 0 aliphatic rings. The molecule has 1 aromatic heterocycles. The quantitative estimate of drug-likeness (QED) is 0.320. The lowest BCUT2D eigenvalue weighted by Gasteiger charge is -2.19. The van der Waals surface area contributed by atoms with Crippen molar-refractivity contribution in [2.75, 3.05) is 11.9 Å². The predicted molar refractivity (Wildman–Crippen MR) is 135 cm³/mol. The monoisotopic (exact) mass is 485 g/mol. The van der Waals surface area contributed by atoms with Gasteiger partial charge in [0.2, 0.25) is 11.8 Å². The molecule has 8 heteroatoms. The number of nitrogens with zero attached hydrogens (tertiary/aromatic N) is 1. The Morgan fingerprint density at radius 3 is 2.25 bits per heavy atom. The molecular weight excluding hydrogens is 458 g/mol. The fourth-order valence-corrected chi connectivity index (χ4v) is 3.42. The van der Waals surface area contributed by atoms with E-state index in [9.17, 15) is 9.59 Å². The van der Waals surface area contributed by atoms with Crippen LogP contribution in [0.25, 0.3) is 0 Å². The van der Waals surface area contributed by atoms with Crippen LogP contribution in [-0.2, 0) is 27.4 Å². The number of anilines is 1. The number of carbonyl (C=O) groups is 2. The number of aryl methyl sites for hydroxylation is 1. The van der Waals surface area contributed by atoms with Gasteiger partial charge in [-0.05, 0) is 48.9 Å². The Morgan fingerprint density at radius 1 is 0.917 bits per heavy atom. The topological polar surface area (TPSA) is 103 Å². The molecule has 0 aliphatic heterocycles. The van der Waals surface area contributed by atoms with Crippen LogP contribution in [0, 0.1) is 6.92 Å². The van der Waals surface area contributed by atoms with Crippen molar-refractivity contribution in [3.05, 3.63) is 108 Å². The summed E-state index contributed by atoms with van der Waals surface area (Å²) in [6, 6.07) is 26.8. The van der Waals surface area contributed by atoms with Crippen LogP contribution in [0.4, 0.5) is 5.69 Å². The molecule has 36 heavy (non-hydrogen) atoms. The van der Waals surface area contributed by atoms with Crippen molar-refractivity contribution in [2.45, 2.75) is 26.0 Å². The minimum atomic E-state index is -0.912. The van der Waals surface area contributed by atoms with Crippen molar-refractivity contribution in [3.63, 3.8) is 0 Å². The number of ether oxygens (including phenoxy) is 2. The van der Waals surface area contributed by atoms with E-state index < -0.39 is 11.9 Å². The molecule has 3 aromatic carbocycles. The molecule has 0 saturated carbocycles. The molecule has 0 spiro atoms. The molecule has 1 atom stereocenters. The number of carbonyl (C=O) groups excluding carboxylic acids is 2. The second kappa shape index (κ2) is 12.3. The SMILES string of the molecule is Cc1cc(CC(=O)NC(COCc2ccccc2)C(=O)Nc2ccc(Oc3ccccc3)cc2)on1. The normalized spacial score (nSPS) is 11.5. The molecule has 0 radical (unpaired) electrons. The van der Waals surface area contributed by atoms with Gasteiger partial charge in [-0.1, -0.05) is 53.7 Å². The minimum Gasteiger partial charge on any atom is -0.457 e. The Bertz CT molecular complexity index is 1260. The van der Waals surface area contributed by atoms with Crippen LogP contribution in [0.5, 0.6) is 11.5 Å². The largest absolute Gasteiger partial charge is 0.457 e. The minimum absolute atomic E-state index is 0.00287. The zero-order valence-corrected chi connectivity index (χ0v) is 19.8. The van der Waals surface area contributed by atoms with E-state index in [1.54, 1.807) is 37.3 Å². The van der Waals surface area contributed by atoms with Crippen LogP contribution in [0.1, 0.15) is 17.0 Å². The Hall–Kier alpha value is -4.43. The Balaban J connectivity index is 1.37. The summed E-state index contributed by atoms with van der Waals surface area (Å²) in [4.78, 5) is 25.6. The van der Waals surface area contributed by atoms with Crippen LogP contribution in [0.2, 0.25) is 0 Å². The number of amides is 2. The summed E-state index contributed by atoms with van der Waals surface area (Å²) in [5.74, 6) is 0.999. The van der Waals surface area contributed by atoms with E-state index in [0.717, 1.165) is 11.3 Å². The van der Waals surface area contributed by atoms with Gasteiger partial charge in [0.15, 0.2) is 0 Å². The van der Waals surface area contributed by atoms with Crippen molar-refractivity contribution < 1.29 is 23.6 Å². The van der Waals surface area contributed by atoms with Gasteiger partial charge in [0.1, 0.15) is 23.3 Å². The second-order valence-electron chi connectivity index (χ2n) is 8.16. The third-order valence-electron chi connectivity index (χ3n) is 5.16. The number of para-hydroxylation sites is 1. The lowest BCUT2D eigenvalue weighted by molar-refractivity contribution is -0.127. The lowest BCUT2D eigenvalue weighted by atomic mass is 10.2. The molecule has 2 amide bonds. The van der Waals surface area contributed by atoms with E-state index in [1.165, 1.54) is 0 Å². The molecule has 0 saturated heterocycles. The van der Waals surface area contributed by atoms with Crippen LogP contribution in [-0.4, -0.2) is 29.6 Å². The molecule has 2 N–H and O–H groups in total. The Kier molecular flexibility index (Phi) is 8.45. The van der Waals surface area contributed by atoms with Gasteiger partial charge in [-0.15, -0.1) is 0 Å². The number of hydrogen-bond donors (Lipinski definition) is 2. The van der Waals surface area contributed by atoms with E-state index in [1.807, 2.05) is 60.7 Å². The molecule has 8 nitrogen and oxygen atoms in total. The summed E-state index contributed by atoms with van der Waals surface area (Å²) in [5, 5.41) is 9.35. The van der Waals surface area contributed by atoms with Crippen LogP contribution < -0.4 is 15.4 Å². The molecule has 1 heterocycles. The summed E-state index contributed by atoms with van der Waals surface area (Å²) < 4.78 is 16.6. The second-order valence-corrected chi connectivity index (χ2v) is 8.16. The number of rotatable bonds is 11. The zero-order chi connectivity index (χ0) is 25.2. The van der Waals surface area contributed by atoms with Crippen LogP contribution >= 0.6 is 0 Å². The highest BCUT2D eigenvalue weighted by Crippen LogP contribution is 2.22. The molecule has 0 bridgehead atoms. The van der Waals surface area contributed by atoms with Crippen molar-refractivity contribution in [1.82, 2.24) is 10.5 Å². The number of aromatic nitrogens is 1. The third kappa shape index (κ3) is 7.54. The molecule has 4 aromatic rings. The Morgan fingerprint density at radius 2 is 1.58 bits per heavy atom. The molecule has 184 valence electrons. The first kappa shape index (κ1) is 24.7. The van der Waals surface area contributed by atoms with Gasteiger partial charge in [-0.3, -0.25) is 9.59 Å². The summed E-state index contributed by atoms with van der Waals surface area (Å²) in [7, 11) is 0. The standard InChI is InChI=1S/C28H27N3O5/c1-20-16-25(36-31-20)17-27(32)30-26(19-34-18-21-8-4-2-5-9-21)28(33)29-22-12-14-24(15-13-22)35-23-10-6-3-7-11-23/h2-16,26H,17-19H2,1H3,(H,29,33)(H,30,32). The van der Waals surface area contributed by atoms with Crippen molar-refractivity contribution in [2.24, 2.45) is 0 Å². The maximum absolute atomic E-state index is 13.1. The molecule has 1 unspecified atom stereocenters. The van der Waals surface area contributed by atoms with E-state index in [2.05, 4.69) is 15.8 Å². The highest BCUT2D eigenvalue weighted by atomic mass is 16.5. The number of nitrogens with one attached hydrogen (secondary N) is 2. The first-order valence-corrected chi connectivity index (χ1v) is 11.5. The fraction of sp³-hybridized carbons (Fsp3) is 0.179. The number of hydrogen-bond acceptors (Lipinski definition) is 6. The van der Waals surface area contributed by atoms with Gasteiger partial charge < -0.3 is 24.6 Å². The summed E-state index contributed by atoms with van der Waals surface area (Å²) in [6.45, 7) is 2.08. The van der Waals surface area contributed by atoms with Gasteiger partial charge >= 0.3 is 0 Å². The predicted octanol–water partition coefficient (Wildman–Crippen LogP) is 4.66. The molecule has 0 aliphatic carbocycles. The average Bonchev–Trinajstić information content (AvgIpc) is 3.30. The van der Waals surface area contributed by atoms with Crippen LogP contribution in [0.3, 0.4) is 0 Å². The maximum atomic E-state index is 13.1. The van der Waals surface area contributed by atoms with Crippen molar-refractivity contribution in [3.8, 4) is 11.5 Å². The highest BCUT2D eigenvalue weighted by molar-refractivity contribution is 5.97. The Labute approximate surface area is 209 Å². The van der Waals surface area contributed by atoms with Gasteiger partial charge in [-0.25, -0.2) is 0 Å². The third-order valence-corrected chi connectivity index (χ3v) is 5.16. The summed E-state index contributed by atoms with van der Waals surface area (Å²) in [5.41, 5.74) is 2.21. The smallest absolute Gasteiger partial charge is 0.249 e. The number of benzene rings is 3. The van der Waals surface area contributed by atoms with Gasteiger partial charge in [0.25, 0.3) is 0 Å². The molecule has 0 fully saturated rings. The van der Waals surface area contributed by atoms with Crippen molar-refractivity contribution in [1.29, 1.82) is 0 Å². The molecule has 4 rings (SSSR count). The zero-order valence-electron chi connectivity index (χ0n) is 19.8. The fourth-order valence-electron chi connectivity index (χ4n) is 3.42. The van der Waals surface area contributed by atoms with Gasteiger partial charge in [0, 0.05) is 11.8 Å². The first-order valence-electron chi connectivity index (χ1n) is 11.5.